The van der Waals surface area contributed by atoms with Crippen molar-refractivity contribution in [2.45, 2.75) is 38.1 Å². The summed E-state index contributed by atoms with van der Waals surface area (Å²) in [5.74, 6) is 0. The van der Waals surface area contributed by atoms with E-state index in [9.17, 15) is 4.79 Å². The summed E-state index contributed by atoms with van der Waals surface area (Å²) in [5.41, 5.74) is 1.73. The Hall–Kier alpha value is -2.41. The first-order valence-electron chi connectivity index (χ1n) is 9.55. The summed E-state index contributed by atoms with van der Waals surface area (Å²) in [5, 5.41) is 10.8. The summed E-state index contributed by atoms with van der Waals surface area (Å²) in [6.07, 6.45) is 9.28. The summed E-state index contributed by atoms with van der Waals surface area (Å²) < 4.78 is 1.83. The van der Waals surface area contributed by atoms with Crippen LogP contribution in [0.15, 0.2) is 36.9 Å². The van der Waals surface area contributed by atoms with E-state index in [4.69, 9.17) is 0 Å². The molecule has 138 valence electrons. The molecule has 1 unspecified atom stereocenters. The van der Waals surface area contributed by atoms with Crippen molar-refractivity contribution in [3.8, 4) is 5.69 Å². The number of anilines is 1. The maximum Gasteiger partial charge on any atom is 0.322 e. The maximum atomic E-state index is 12.9. The van der Waals surface area contributed by atoms with Gasteiger partial charge >= 0.3 is 6.03 Å². The predicted octanol–water partition coefficient (Wildman–Crippen LogP) is 2.75. The summed E-state index contributed by atoms with van der Waals surface area (Å²) in [6, 6.07) is 8.10. The van der Waals surface area contributed by atoms with E-state index in [2.05, 4.69) is 20.4 Å². The minimum absolute atomic E-state index is 0.00908. The topological polar surface area (TPSA) is 66.3 Å². The minimum atomic E-state index is 0.00908. The van der Waals surface area contributed by atoms with Gasteiger partial charge in [0.2, 0.25) is 0 Å². The molecular formula is C19H26N6O. The average Bonchev–Trinajstić information content (AvgIpc) is 3.36. The highest BCUT2D eigenvalue weighted by atomic mass is 16.2. The van der Waals surface area contributed by atoms with Crippen LogP contribution >= 0.6 is 0 Å². The van der Waals surface area contributed by atoms with Crippen LogP contribution in [0.1, 0.15) is 32.1 Å². The lowest BCUT2D eigenvalue weighted by atomic mass is 10.0. The number of likely N-dealkylation sites (tertiary alicyclic amines) is 2. The molecule has 1 aromatic heterocycles. The number of urea groups is 1. The molecule has 3 heterocycles. The highest BCUT2D eigenvalue weighted by molar-refractivity contribution is 5.90. The molecule has 4 rings (SSSR count). The molecule has 2 amide bonds. The SMILES string of the molecule is O=C(Nc1cccc(-n2cnnc2)c1)N1CCCCC1CN1CCCC1. The number of amides is 2. The molecule has 1 atom stereocenters. The highest BCUT2D eigenvalue weighted by Crippen LogP contribution is 2.22. The second kappa shape index (κ2) is 7.86. The number of piperidine rings is 1. The van der Waals surface area contributed by atoms with Crippen LogP contribution in [-0.4, -0.2) is 62.8 Å². The second-order valence-electron chi connectivity index (χ2n) is 7.20. The van der Waals surface area contributed by atoms with Gasteiger partial charge < -0.3 is 15.1 Å². The van der Waals surface area contributed by atoms with Crippen LogP contribution in [0.2, 0.25) is 0 Å². The van der Waals surface area contributed by atoms with Gasteiger partial charge in [0.05, 0.1) is 5.69 Å². The van der Waals surface area contributed by atoms with Gasteiger partial charge in [0.15, 0.2) is 0 Å². The van der Waals surface area contributed by atoms with Gasteiger partial charge in [-0.1, -0.05) is 6.07 Å². The fraction of sp³-hybridized carbons (Fsp3) is 0.526. The molecule has 2 aromatic rings. The first kappa shape index (κ1) is 17.0. The number of aromatic nitrogens is 3. The summed E-state index contributed by atoms with van der Waals surface area (Å²) >= 11 is 0. The van der Waals surface area contributed by atoms with Gasteiger partial charge in [0.1, 0.15) is 12.7 Å². The largest absolute Gasteiger partial charge is 0.322 e. The van der Waals surface area contributed by atoms with E-state index >= 15 is 0 Å². The van der Waals surface area contributed by atoms with Crippen LogP contribution in [0.25, 0.3) is 5.69 Å². The molecule has 2 aliphatic rings. The molecule has 7 heteroatoms. The van der Waals surface area contributed by atoms with Crippen molar-refractivity contribution in [1.29, 1.82) is 0 Å². The first-order chi connectivity index (χ1) is 12.8. The molecule has 1 N–H and O–H groups in total. The van der Waals surface area contributed by atoms with Crippen LogP contribution in [0, 0.1) is 0 Å². The Morgan fingerprint density at radius 3 is 2.65 bits per heavy atom. The van der Waals surface area contributed by atoms with Crippen molar-refractivity contribution in [3.05, 3.63) is 36.9 Å². The van der Waals surface area contributed by atoms with Gasteiger partial charge in [-0.25, -0.2) is 4.79 Å². The lowest BCUT2D eigenvalue weighted by Gasteiger charge is -2.37. The molecular weight excluding hydrogens is 328 g/mol. The first-order valence-corrected chi connectivity index (χ1v) is 9.55. The average molecular weight is 354 g/mol. The molecule has 0 spiro atoms. The number of benzene rings is 1. The lowest BCUT2D eigenvalue weighted by molar-refractivity contribution is 0.136. The molecule has 0 radical (unpaired) electrons. The Morgan fingerprint density at radius 1 is 1.08 bits per heavy atom. The smallest absolute Gasteiger partial charge is 0.320 e. The maximum absolute atomic E-state index is 12.9. The number of hydrogen-bond acceptors (Lipinski definition) is 4. The van der Waals surface area contributed by atoms with Crippen molar-refractivity contribution >= 4 is 11.7 Å². The molecule has 0 saturated carbocycles. The predicted molar refractivity (Wildman–Crippen MR) is 100 cm³/mol. The van der Waals surface area contributed by atoms with Gasteiger partial charge in [-0.05, 0) is 63.4 Å². The Bertz CT molecular complexity index is 725. The van der Waals surface area contributed by atoms with Crippen LogP contribution in [0.4, 0.5) is 10.5 Å². The Kier molecular flexibility index (Phi) is 5.15. The quantitative estimate of drug-likeness (QED) is 0.917. The molecule has 2 aliphatic heterocycles. The van der Waals surface area contributed by atoms with Crippen LogP contribution in [0.3, 0.4) is 0 Å². The Morgan fingerprint density at radius 2 is 1.85 bits per heavy atom. The summed E-state index contributed by atoms with van der Waals surface area (Å²) in [7, 11) is 0. The minimum Gasteiger partial charge on any atom is -0.320 e. The van der Waals surface area contributed by atoms with Gasteiger partial charge in [-0.15, -0.1) is 10.2 Å². The molecule has 0 bridgehead atoms. The number of rotatable bonds is 4. The third-order valence-corrected chi connectivity index (χ3v) is 5.37. The number of carbonyl (C=O) groups is 1. The van der Waals surface area contributed by atoms with E-state index in [0.717, 1.165) is 37.3 Å². The number of hydrogen-bond donors (Lipinski definition) is 1. The fourth-order valence-corrected chi connectivity index (χ4v) is 3.99. The van der Waals surface area contributed by atoms with Crippen LogP contribution < -0.4 is 5.32 Å². The monoisotopic (exact) mass is 354 g/mol. The molecule has 2 fully saturated rings. The van der Waals surface area contributed by atoms with Gasteiger partial charge in [0.25, 0.3) is 0 Å². The normalized spacial score (nSPS) is 21.1. The molecule has 7 nitrogen and oxygen atoms in total. The molecule has 26 heavy (non-hydrogen) atoms. The fourth-order valence-electron chi connectivity index (χ4n) is 3.99. The standard InChI is InChI=1S/C19H26N6O/c26-19(22-16-6-5-8-17(12-16)24-14-20-21-15-24)25-11-2-1-7-18(25)13-23-9-3-4-10-23/h5-6,8,12,14-15,18H,1-4,7,9-11,13H2,(H,22,26). The van der Waals surface area contributed by atoms with E-state index in [1.165, 1.54) is 32.4 Å². The van der Waals surface area contributed by atoms with Crippen molar-refractivity contribution in [2.75, 3.05) is 31.5 Å². The van der Waals surface area contributed by atoms with Crippen molar-refractivity contribution in [2.24, 2.45) is 0 Å². The van der Waals surface area contributed by atoms with Crippen molar-refractivity contribution in [1.82, 2.24) is 24.6 Å². The molecule has 2 saturated heterocycles. The van der Waals surface area contributed by atoms with E-state index in [-0.39, 0.29) is 6.03 Å². The highest BCUT2D eigenvalue weighted by Gasteiger charge is 2.29. The van der Waals surface area contributed by atoms with Gasteiger partial charge in [-0.3, -0.25) is 4.57 Å². The number of carbonyl (C=O) groups excluding carboxylic acids is 1. The van der Waals surface area contributed by atoms with E-state index in [0.29, 0.717) is 6.04 Å². The van der Waals surface area contributed by atoms with E-state index < -0.39 is 0 Å². The van der Waals surface area contributed by atoms with Crippen molar-refractivity contribution < 1.29 is 4.79 Å². The summed E-state index contributed by atoms with van der Waals surface area (Å²) in [6.45, 7) is 4.20. The Balaban J connectivity index is 1.43. The third kappa shape index (κ3) is 3.88. The molecule has 0 aliphatic carbocycles. The zero-order chi connectivity index (χ0) is 17.8. The van der Waals surface area contributed by atoms with Crippen LogP contribution in [0.5, 0.6) is 0 Å². The lowest BCUT2D eigenvalue weighted by Crippen LogP contribution is -2.50. The zero-order valence-corrected chi connectivity index (χ0v) is 15.0. The third-order valence-electron chi connectivity index (χ3n) is 5.37. The zero-order valence-electron chi connectivity index (χ0n) is 15.0. The number of nitrogens with one attached hydrogen (secondary N) is 1. The van der Waals surface area contributed by atoms with Gasteiger partial charge in [-0.2, -0.15) is 0 Å². The second-order valence-corrected chi connectivity index (χ2v) is 7.20. The number of nitrogens with zero attached hydrogens (tertiary/aromatic N) is 5. The Labute approximate surface area is 154 Å². The van der Waals surface area contributed by atoms with Crippen molar-refractivity contribution in [3.63, 3.8) is 0 Å². The van der Waals surface area contributed by atoms with E-state index in [1.807, 2.05) is 33.7 Å². The van der Waals surface area contributed by atoms with Crippen LogP contribution in [-0.2, 0) is 0 Å². The summed E-state index contributed by atoms with van der Waals surface area (Å²) in [4.78, 5) is 17.5. The van der Waals surface area contributed by atoms with E-state index in [1.54, 1.807) is 12.7 Å². The van der Waals surface area contributed by atoms with Gasteiger partial charge in [0, 0.05) is 24.8 Å². The molecule has 1 aromatic carbocycles.